The first-order chi connectivity index (χ1) is 12.0. The fraction of sp³-hybridized carbons (Fsp3) is 0.158. The van der Waals surface area contributed by atoms with E-state index in [2.05, 4.69) is 29.4 Å². The number of carbonyl (C=O) groups is 1. The van der Waals surface area contributed by atoms with Crippen LogP contribution in [-0.2, 0) is 0 Å². The monoisotopic (exact) mass is 373 g/mol. The van der Waals surface area contributed by atoms with Crippen LogP contribution >= 0.6 is 23.2 Å². The second kappa shape index (κ2) is 7.30. The number of aromatic amines is 1. The van der Waals surface area contributed by atoms with Gasteiger partial charge in [-0.15, -0.1) is 0 Å². The summed E-state index contributed by atoms with van der Waals surface area (Å²) in [4.78, 5) is 15.7. The zero-order chi connectivity index (χ0) is 18.0. The molecule has 3 aromatic rings. The lowest BCUT2D eigenvalue weighted by Gasteiger charge is -2.07. The first-order valence-electron chi connectivity index (χ1n) is 7.86. The van der Waals surface area contributed by atoms with E-state index in [0.717, 1.165) is 16.5 Å². The zero-order valence-electron chi connectivity index (χ0n) is 13.8. The van der Waals surface area contributed by atoms with Gasteiger partial charge in [-0.2, -0.15) is 5.10 Å². The van der Waals surface area contributed by atoms with Crippen molar-refractivity contribution in [1.29, 1.82) is 0 Å². The summed E-state index contributed by atoms with van der Waals surface area (Å²) < 4.78 is 0. The Morgan fingerprint density at radius 3 is 2.68 bits per heavy atom. The van der Waals surface area contributed by atoms with Crippen molar-refractivity contribution in [3.05, 3.63) is 69.3 Å². The third-order valence-corrected chi connectivity index (χ3v) is 4.45. The molecule has 0 saturated heterocycles. The summed E-state index contributed by atoms with van der Waals surface area (Å²) in [6, 6.07) is 12.9. The summed E-state index contributed by atoms with van der Waals surface area (Å²) in [5.41, 5.74) is 5.66. The summed E-state index contributed by atoms with van der Waals surface area (Å²) in [5, 5.41) is 6.07. The molecule has 0 aliphatic rings. The van der Waals surface area contributed by atoms with Crippen LogP contribution in [0.4, 0.5) is 0 Å². The molecule has 1 heterocycles. The quantitative estimate of drug-likeness (QED) is 0.469. The molecular formula is C19H17Cl2N3O. The van der Waals surface area contributed by atoms with Crippen LogP contribution < -0.4 is 5.43 Å². The number of aromatic nitrogens is 1. The first kappa shape index (κ1) is 17.5. The van der Waals surface area contributed by atoms with Gasteiger partial charge in [-0.1, -0.05) is 61.3 Å². The van der Waals surface area contributed by atoms with Crippen molar-refractivity contribution in [3.8, 4) is 0 Å². The van der Waals surface area contributed by atoms with Gasteiger partial charge in [0.05, 0.1) is 11.2 Å². The van der Waals surface area contributed by atoms with E-state index in [4.69, 9.17) is 23.2 Å². The number of nitrogens with one attached hydrogen (secondary N) is 2. The molecule has 0 spiro atoms. The standard InChI is InChI=1S/C19H17Cl2N3O/c1-11(2)17-14-5-3-4-6-16(14)23-18(17)19(25)24-22-10-12-7-8-13(20)9-15(12)21/h3-11,23H,1-2H3,(H,24,25)/b22-10-. The second-order valence-electron chi connectivity index (χ2n) is 5.98. The maximum atomic E-state index is 12.6. The topological polar surface area (TPSA) is 57.2 Å². The highest BCUT2D eigenvalue weighted by Gasteiger charge is 2.19. The van der Waals surface area contributed by atoms with Gasteiger partial charge in [0.2, 0.25) is 0 Å². The number of hydrogen-bond donors (Lipinski definition) is 2. The Bertz CT molecular complexity index is 960. The van der Waals surface area contributed by atoms with Gasteiger partial charge in [-0.25, -0.2) is 5.43 Å². The summed E-state index contributed by atoms with van der Waals surface area (Å²) in [7, 11) is 0. The second-order valence-corrected chi connectivity index (χ2v) is 6.82. The summed E-state index contributed by atoms with van der Waals surface area (Å²) in [6.07, 6.45) is 1.49. The molecule has 0 radical (unpaired) electrons. The zero-order valence-corrected chi connectivity index (χ0v) is 15.3. The van der Waals surface area contributed by atoms with E-state index >= 15 is 0 Å². The van der Waals surface area contributed by atoms with E-state index in [1.165, 1.54) is 6.21 Å². The molecule has 0 bridgehead atoms. The maximum Gasteiger partial charge on any atom is 0.288 e. The Balaban J connectivity index is 1.85. The third-order valence-electron chi connectivity index (χ3n) is 3.88. The fourth-order valence-corrected chi connectivity index (χ4v) is 3.22. The predicted octanol–water partition coefficient (Wildman–Crippen LogP) is 5.36. The minimum Gasteiger partial charge on any atom is -0.350 e. The highest BCUT2D eigenvalue weighted by Crippen LogP contribution is 2.29. The van der Waals surface area contributed by atoms with Crippen LogP contribution in [0.3, 0.4) is 0 Å². The number of hydrogen-bond acceptors (Lipinski definition) is 2. The van der Waals surface area contributed by atoms with E-state index in [0.29, 0.717) is 21.3 Å². The van der Waals surface area contributed by atoms with Gasteiger partial charge in [0.15, 0.2) is 0 Å². The normalized spacial score (nSPS) is 11.6. The van der Waals surface area contributed by atoms with Crippen LogP contribution in [-0.4, -0.2) is 17.1 Å². The van der Waals surface area contributed by atoms with Gasteiger partial charge < -0.3 is 4.98 Å². The summed E-state index contributed by atoms with van der Waals surface area (Å²) >= 11 is 12.0. The minimum absolute atomic E-state index is 0.201. The van der Waals surface area contributed by atoms with Gasteiger partial charge in [-0.3, -0.25) is 4.79 Å². The Hall–Kier alpha value is -2.30. The van der Waals surface area contributed by atoms with Crippen LogP contribution in [0.2, 0.25) is 10.0 Å². The molecule has 4 nitrogen and oxygen atoms in total. The highest BCUT2D eigenvalue weighted by molar-refractivity contribution is 6.36. The molecule has 0 unspecified atom stereocenters. The summed E-state index contributed by atoms with van der Waals surface area (Å²) in [6.45, 7) is 4.12. The van der Waals surface area contributed by atoms with Crippen LogP contribution in [0.15, 0.2) is 47.6 Å². The Morgan fingerprint density at radius 2 is 1.96 bits per heavy atom. The van der Waals surface area contributed by atoms with E-state index in [9.17, 15) is 4.79 Å². The molecule has 25 heavy (non-hydrogen) atoms. The number of amides is 1. The van der Waals surface area contributed by atoms with Gasteiger partial charge in [0.1, 0.15) is 5.69 Å². The third kappa shape index (κ3) is 3.70. The number of carbonyl (C=O) groups excluding carboxylic acids is 1. The summed E-state index contributed by atoms with van der Waals surface area (Å²) in [5.74, 6) is -0.0900. The highest BCUT2D eigenvalue weighted by atomic mass is 35.5. The van der Waals surface area contributed by atoms with Gasteiger partial charge in [0, 0.05) is 21.5 Å². The van der Waals surface area contributed by atoms with E-state index in [-0.39, 0.29) is 11.8 Å². The van der Waals surface area contributed by atoms with Gasteiger partial charge in [0.25, 0.3) is 5.91 Å². The number of para-hydroxylation sites is 1. The number of halogens is 2. The molecular weight excluding hydrogens is 357 g/mol. The molecule has 0 aliphatic carbocycles. The smallest absolute Gasteiger partial charge is 0.288 e. The Kier molecular flexibility index (Phi) is 5.11. The van der Waals surface area contributed by atoms with E-state index in [1.54, 1.807) is 18.2 Å². The fourth-order valence-electron chi connectivity index (χ4n) is 2.76. The number of hydrazone groups is 1. The molecule has 0 fully saturated rings. The van der Waals surface area contributed by atoms with Crippen molar-refractivity contribution < 1.29 is 4.79 Å². The number of fused-ring (bicyclic) bond motifs is 1. The molecule has 1 amide bonds. The number of H-pyrrole nitrogens is 1. The van der Waals surface area contributed by atoms with Crippen molar-refractivity contribution >= 4 is 46.2 Å². The molecule has 0 atom stereocenters. The first-order valence-corrected chi connectivity index (χ1v) is 8.62. The van der Waals surface area contributed by atoms with E-state index < -0.39 is 0 Å². The number of nitrogens with zero attached hydrogens (tertiary/aromatic N) is 1. The molecule has 128 valence electrons. The average Bonchev–Trinajstić information content (AvgIpc) is 2.96. The van der Waals surface area contributed by atoms with Crippen molar-refractivity contribution in [2.45, 2.75) is 19.8 Å². The SMILES string of the molecule is CC(C)c1c(C(=O)N/N=C\c2ccc(Cl)cc2Cl)[nH]c2ccccc12. The van der Waals surface area contributed by atoms with Crippen LogP contribution in [0.1, 0.15) is 41.4 Å². The lowest BCUT2D eigenvalue weighted by Crippen LogP contribution is -2.19. The molecule has 0 saturated carbocycles. The molecule has 6 heteroatoms. The Labute approximate surface area is 155 Å². The molecule has 3 rings (SSSR count). The van der Waals surface area contributed by atoms with Gasteiger partial charge >= 0.3 is 0 Å². The lowest BCUT2D eigenvalue weighted by atomic mass is 9.99. The van der Waals surface area contributed by atoms with Crippen LogP contribution in [0.5, 0.6) is 0 Å². The van der Waals surface area contributed by atoms with Crippen LogP contribution in [0.25, 0.3) is 10.9 Å². The molecule has 1 aromatic heterocycles. The minimum atomic E-state index is -0.291. The van der Waals surface area contributed by atoms with Gasteiger partial charge in [-0.05, 0) is 29.7 Å². The number of rotatable bonds is 4. The average molecular weight is 374 g/mol. The Morgan fingerprint density at radius 1 is 1.20 bits per heavy atom. The van der Waals surface area contributed by atoms with Crippen molar-refractivity contribution in [1.82, 2.24) is 10.4 Å². The van der Waals surface area contributed by atoms with Crippen molar-refractivity contribution in [2.24, 2.45) is 5.10 Å². The van der Waals surface area contributed by atoms with Crippen molar-refractivity contribution in [2.75, 3.05) is 0 Å². The lowest BCUT2D eigenvalue weighted by molar-refractivity contribution is 0.0949. The molecule has 2 N–H and O–H groups in total. The number of benzene rings is 2. The maximum absolute atomic E-state index is 12.6. The van der Waals surface area contributed by atoms with Crippen molar-refractivity contribution in [3.63, 3.8) is 0 Å². The van der Waals surface area contributed by atoms with Crippen LogP contribution in [0, 0.1) is 0 Å². The predicted molar refractivity (Wildman–Crippen MR) is 104 cm³/mol. The van der Waals surface area contributed by atoms with E-state index in [1.807, 2.05) is 24.3 Å². The largest absolute Gasteiger partial charge is 0.350 e. The molecule has 2 aromatic carbocycles. The molecule has 0 aliphatic heterocycles.